The van der Waals surface area contributed by atoms with Gasteiger partial charge in [0.1, 0.15) is 5.60 Å². The fraction of sp³-hybridized carbons (Fsp3) is 0.189. The molecule has 3 N–H and O–H groups in total. The summed E-state index contributed by atoms with van der Waals surface area (Å²) in [5.41, 5.74) is 3.14. The van der Waals surface area contributed by atoms with Crippen LogP contribution in [-0.2, 0) is 38.9 Å². The lowest BCUT2D eigenvalue weighted by Crippen LogP contribution is -2.30. The maximum absolute atomic E-state index is 12.6. The number of anilines is 2. The summed E-state index contributed by atoms with van der Waals surface area (Å²) in [6, 6.07) is 34.4. The van der Waals surface area contributed by atoms with Crippen LogP contribution in [0.4, 0.5) is 11.4 Å². The zero-order valence-corrected chi connectivity index (χ0v) is 29.3. The lowest BCUT2D eigenvalue weighted by atomic mass is 9.80. The third-order valence-electron chi connectivity index (χ3n) is 8.47. The molecule has 0 fully saturated rings. The lowest BCUT2D eigenvalue weighted by molar-refractivity contribution is 0.126. The van der Waals surface area contributed by atoms with Gasteiger partial charge in [-0.15, -0.1) is 0 Å². The van der Waals surface area contributed by atoms with E-state index in [0.717, 1.165) is 11.4 Å². The highest BCUT2D eigenvalue weighted by molar-refractivity contribution is 7.86. The summed E-state index contributed by atoms with van der Waals surface area (Å²) >= 11 is 6.69. The van der Waals surface area contributed by atoms with Crippen LogP contribution in [0.5, 0.6) is 0 Å². The first kappa shape index (κ1) is 36.1. The Balaban J connectivity index is 1.46. The summed E-state index contributed by atoms with van der Waals surface area (Å²) in [6.45, 7) is 5.96. The van der Waals surface area contributed by atoms with Gasteiger partial charge in [0.25, 0.3) is 20.2 Å². The van der Waals surface area contributed by atoms with E-state index in [4.69, 9.17) is 11.6 Å². The quantitative estimate of drug-likeness (QED) is 0.0855. The van der Waals surface area contributed by atoms with Gasteiger partial charge in [0, 0.05) is 48.1 Å². The molecule has 0 atom stereocenters. The van der Waals surface area contributed by atoms with Crippen molar-refractivity contribution in [1.29, 1.82) is 0 Å². The molecule has 0 saturated heterocycles. The smallest absolute Gasteiger partial charge is 0.294 e. The van der Waals surface area contributed by atoms with Crippen LogP contribution in [0.25, 0.3) is 0 Å². The number of rotatable bonds is 13. The molecule has 9 nitrogen and oxygen atoms in total. The number of nitrogens with zero attached hydrogens (tertiary/aromatic N) is 2. The maximum Gasteiger partial charge on any atom is 0.294 e. The molecule has 0 saturated carbocycles. The summed E-state index contributed by atoms with van der Waals surface area (Å²) in [6.07, 6.45) is 0. The van der Waals surface area contributed by atoms with Gasteiger partial charge >= 0.3 is 0 Å². The molecule has 0 radical (unpaired) electrons. The van der Waals surface area contributed by atoms with Crippen LogP contribution >= 0.6 is 11.6 Å². The summed E-state index contributed by atoms with van der Waals surface area (Å²) < 4.78 is 65.6. The molecule has 12 heteroatoms. The van der Waals surface area contributed by atoms with E-state index in [2.05, 4.69) is 0 Å². The van der Waals surface area contributed by atoms with Gasteiger partial charge in [-0.2, -0.15) is 16.8 Å². The molecule has 0 unspecified atom stereocenters. The Bertz CT molecular complexity index is 2010. The fourth-order valence-electron chi connectivity index (χ4n) is 5.88. The van der Waals surface area contributed by atoms with Crippen LogP contribution in [0.3, 0.4) is 0 Å². The van der Waals surface area contributed by atoms with Crippen LogP contribution in [0.1, 0.15) is 41.7 Å². The predicted molar refractivity (Wildman–Crippen MR) is 192 cm³/mol. The van der Waals surface area contributed by atoms with E-state index < -0.39 is 25.8 Å². The third-order valence-corrected chi connectivity index (χ3v) is 10.5. The molecule has 0 aliphatic heterocycles. The molecule has 49 heavy (non-hydrogen) atoms. The van der Waals surface area contributed by atoms with Crippen molar-refractivity contribution >= 4 is 43.2 Å². The summed E-state index contributed by atoms with van der Waals surface area (Å²) in [5.74, 6) is 0. The first-order valence-corrected chi connectivity index (χ1v) is 18.8. The molecule has 0 aliphatic rings. The van der Waals surface area contributed by atoms with E-state index in [0.29, 0.717) is 59.0 Å². The SMILES string of the molecule is CCN(Cc1cccc(S(=O)(=O)O)c1)c1ccc(C(O)(c2ccc(N(CC)Cc3cccc(S(=O)(=O)O)c3)cc2)c2ccccc2Cl)cc1. The van der Waals surface area contributed by atoms with Crippen molar-refractivity contribution in [2.75, 3.05) is 22.9 Å². The van der Waals surface area contributed by atoms with Crippen LogP contribution in [0, 0.1) is 0 Å². The van der Waals surface area contributed by atoms with Gasteiger partial charge in [-0.25, -0.2) is 0 Å². The Kier molecular flexibility index (Phi) is 10.8. The standard InChI is InChI=1S/C37H37ClN2O7S2/c1-3-39(25-27-9-7-11-33(23-27)48(42,43)44)31-19-15-29(16-20-31)37(41,35-13-5-6-14-36(35)38)30-17-21-32(22-18-30)40(4-2)26-28-10-8-12-34(24-28)49(45,46)47/h5-24,41H,3-4,25-26H2,1-2H3,(H,42,43,44)(H,45,46,47). The van der Waals surface area contributed by atoms with Gasteiger partial charge in [-0.1, -0.05) is 78.3 Å². The van der Waals surface area contributed by atoms with Crippen molar-refractivity contribution in [3.05, 3.63) is 154 Å². The van der Waals surface area contributed by atoms with Gasteiger partial charge in [-0.05, 0) is 90.7 Å². The molecular formula is C37H37ClN2O7S2. The molecule has 0 spiro atoms. The van der Waals surface area contributed by atoms with Gasteiger partial charge in [-0.3, -0.25) is 9.11 Å². The van der Waals surface area contributed by atoms with Crippen molar-refractivity contribution < 1.29 is 31.0 Å². The lowest BCUT2D eigenvalue weighted by Gasteiger charge is -2.32. The molecule has 5 aromatic rings. The first-order valence-electron chi connectivity index (χ1n) is 15.5. The molecule has 256 valence electrons. The van der Waals surface area contributed by atoms with Crippen LogP contribution in [0.2, 0.25) is 5.02 Å². The largest absolute Gasteiger partial charge is 0.376 e. The third kappa shape index (κ3) is 8.16. The molecule has 5 aromatic carbocycles. The average Bonchev–Trinajstić information content (AvgIpc) is 3.09. The molecule has 0 bridgehead atoms. The number of hydrogen-bond donors (Lipinski definition) is 3. The van der Waals surface area contributed by atoms with Crippen molar-refractivity contribution in [3.8, 4) is 0 Å². The Morgan fingerprint density at radius 3 is 1.37 bits per heavy atom. The molecule has 0 heterocycles. The van der Waals surface area contributed by atoms with E-state index in [1.54, 1.807) is 42.5 Å². The average molecular weight is 721 g/mol. The van der Waals surface area contributed by atoms with E-state index in [1.165, 1.54) is 24.3 Å². The number of halogens is 1. The van der Waals surface area contributed by atoms with Crippen molar-refractivity contribution in [3.63, 3.8) is 0 Å². The molecular weight excluding hydrogens is 684 g/mol. The second-order valence-corrected chi connectivity index (χ2v) is 14.8. The molecule has 0 aliphatic carbocycles. The molecule has 0 amide bonds. The first-order chi connectivity index (χ1) is 23.2. The van der Waals surface area contributed by atoms with Crippen molar-refractivity contribution in [2.45, 2.75) is 42.3 Å². The zero-order valence-electron chi connectivity index (χ0n) is 26.9. The Hall–Kier alpha value is -4.23. The van der Waals surface area contributed by atoms with E-state index >= 15 is 0 Å². The van der Waals surface area contributed by atoms with Crippen LogP contribution < -0.4 is 9.80 Å². The van der Waals surface area contributed by atoms with Gasteiger partial charge in [0.15, 0.2) is 0 Å². The van der Waals surface area contributed by atoms with E-state index in [9.17, 15) is 31.0 Å². The van der Waals surface area contributed by atoms with Gasteiger partial charge in [0.2, 0.25) is 0 Å². The Morgan fingerprint density at radius 1 is 0.592 bits per heavy atom. The second-order valence-electron chi connectivity index (χ2n) is 11.6. The topological polar surface area (TPSA) is 135 Å². The Labute approximate surface area is 292 Å². The van der Waals surface area contributed by atoms with Crippen LogP contribution in [0.15, 0.2) is 131 Å². The predicted octanol–water partition coefficient (Wildman–Crippen LogP) is 7.17. The van der Waals surface area contributed by atoms with E-state index in [-0.39, 0.29) is 9.79 Å². The monoisotopic (exact) mass is 720 g/mol. The second kappa shape index (κ2) is 14.7. The molecule has 5 rings (SSSR count). The maximum atomic E-state index is 12.6. The number of benzene rings is 5. The highest BCUT2D eigenvalue weighted by Gasteiger charge is 2.36. The van der Waals surface area contributed by atoms with Crippen LogP contribution in [-0.4, -0.2) is 44.1 Å². The minimum atomic E-state index is -4.33. The number of hydrogen-bond acceptors (Lipinski definition) is 7. The summed E-state index contributed by atoms with van der Waals surface area (Å²) in [5, 5.41) is 13.0. The van der Waals surface area contributed by atoms with Gasteiger partial charge < -0.3 is 14.9 Å². The molecule has 0 aromatic heterocycles. The normalized spacial score (nSPS) is 12.1. The number of aliphatic hydroxyl groups is 1. The highest BCUT2D eigenvalue weighted by atomic mass is 35.5. The van der Waals surface area contributed by atoms with Crippen molar-refractivity contribution in [1.82, 2.24) is 0 Å². The minimum absolute atomic E-state index is 0.166. The van der Waals surface area contributed by atoms with Gasteiger partial charge in [0.05, 0.1) is 9.79 Å². The van der Waals surface area contributed by atoms with Crippen molar-refractivity contribution in [2.24, 2.45) is 0 Å². The fourth-order valence-corrected chi connectivity index (χ4v) is 7.25. The summed E-state index contributed by atoms with van der Waals surface area (Å²) in [7, 11) is -8.66. The highest BCUT2D eigenvalue weighted by Crippen LogP contribution is 2.41. The Morgan fingerprint density at radius 2 is 1.00 bits per heavy atom. The zero-order chi connectivity index (χ0) is 35.4. The summed E-state index contributed by atoms with van der Waals surface area (Å²) in [4.78, 5) is 3.75. The minimum Gasteiger partial charge on any atom is -0.376 e. The van der Waals surface area contributed by atoms with E-state index in [1.807, 2.05) is 78.2 Å².